The Morgan fingerprint density at radius 1 is 0.577 bits per heavy atom. The summed E-state index contributed by atoms with van der Waals surface area (Å²) in [5.41, 5.74) is 14.5. The predicted molar refractivity (Wildman–Crippen MR) is 219 cm³/mol. The Morgan fingerprint density at radius 2 is 1.31 bits per heavy atom. The molecule has 52 heavy (non-hydrogen) atoms. The number of hydrogen-bond donors (Lipinski definition) is 0. The van der Waals surface area contributed by atoms with E-state index in [1.54, 1.807) is 0 Å². The van der Waals surface area contributed by atoms with Crippen molar-refractivity contribution in [3.63, 3.8) is 0 Å². The maximum atomic E-state index is 4.80. The molecule has 0 bridgehead atoms. The van der Waals surface area contributed by atoms with Crippen LogP contribution in [0.2, 0.25) is 0 Å². The van der Waals surface area contributed by atoms with E-state index in [1.807, 2.05) is 36.4 Å². The fraction of sp³-hybridized carbons (Fsp3) is 0.0426. The van der Waals surface area contributed by atoms with Crippen molar-refractivity contribution in [1.29, 1.82) is 0 Å². The number of fused-ring (bicyclic) bond motifs is 6. The number of amidine groups is 1. The van der Waals surface area contributed by atoms with E-state index in [2.05, 4.69) is 160 Å². The summed E-state index contributed by atoms with van der Waals surface area (Å²) in [5, 5.41) is 2.45. The van der Waals surface area contributed by atoms with Crippen molar-refractivity contribution in [2.24, 2.45) is 15.0 Å². The first kappa shape index (κ1) is 31.2. The molecule has 0 spiro atoms. The van der Waals surface area contributed by atoms with E-state index in [9.17, 15) is 0 Å². The van der Waals surface area contributed by atoms with Gasteiger partial charge in [0.15, 0.2) is 5.84 Å². The van der Waals surface area contributed by atoms with Gasteiger partial charge in [-0.05, 0) is 95.8 Å². The third kappa shape index (κ3) is 5.40. The van der Waals surface area contributed by atoms with Gasteiger partial charge in [-0.3, -0.25) is 9.98 Å². The largest absolute Gasteiger partial charge is 0.335 e. The molecule has 8 aromatic rings. The summed E-state index contributed by atoms with van der Waals surface area (Å²) in [4.78, 5) is 15.8. The Balaban J connectivity index is 1.16. The van der Waals surface area contributed by atoms with Crippen LogP contribution in [0.1, 0.15) is 16.7 Å². The molecule has 0 fully saturated rings. The summed E-state index contributed by atoms with van der Waals surface area (Å²) in [6.45, 7) is 8.98. The van der Waals surface area contributed by atoms with Gasteiger partial charge in [0, 0.05) is 39.8 Å². The Hall–Kier alpha value is -6.85. The molecule has 1 aromatic heterocycles. The van der Waals surface area contributed by atoms with Crippen LogP contribution in [0, 0.1) is 0 Å². The quantitative estimate of drug-likeness (QED) is 0.123. The first-order valence-corrected chi connectivity index (χ1v) is 17.5. The molecule has 248 valence electrons. The molecule has 0 saturated heterocycles. The highest BCUT2D eigenvalue weighted by molar-refractivity contribution is 6.11. The molecule has 1 aliphatic rings. The first-order chi connectivity index (χ1) is 25.7. The van der Waals surface area contributed by atoms with Gasteiger partial charge in [-0.25, -0.2) is 4.99 Å². The summed E-state index contributed by atoms with van der Waals surface area (Å²) in [7, 11) is 0. The molecular weight excluding hydrogens is 635 g/mol. The molecule has 1 aliphatic heterocycles. The predicted octanol–water partition coefficient (Wildman–Crippen LogP) is 11.7. The molecule has 9 rings (SSSR count). The highest BCUT2D eigenvalue weighted by Gasteiger charge is 2.26. The van der Waals surface area contributed by atoms with Gasteiger partial charge in [0.05, 0.1) is 29.0 Å². The zero-order chi connectivity index (χ0) is 35.0. The first-order valence-electron chi connectivity index (χ1n) is 17.5. The molecule has 0 aliphatic carbocycles. The van der Waals surface area contributed by atoms with E-state index >= 15 is 0 Å². The summed E-state index contributed by atoms with van der Waals surface area (Å²) >= 11 is 0. The molecule has 0 atom stereocenters. The molecular formula is C47H35N5. The lowest BCUT2D eigenvalue weighted by atomic mass is 9.91. The molecule has 7 aromatic carbocycles. The highest BCUT2D eigenvalue weighted by atomic mass is 15.2. The highest BCUT2D eigenvalue weighted by Crippen LogP contribution is 2.47. The van der Waals surface area contributed by atoms with Gasteiger partial charge >= 0.3 is 0 Å². The topological polar surface area (TPSA) is 45.2 Å². The number of hydrogen-bond acceptors (Lipinski definition) is 3. The zero-order valence-corrected chi connectivity index (χ0v) is 28.7. The van der Waals surface area contributed by atoms with Crippen LogP contribution in [0.25, 0.3) is 49.7 Å². The van der Waals surface area contributed by atoms with E-state index < -0.39 is 0 Å². The van der Waals surface area contributed by atoms with Gasteiger partial charge in [-0.2, -0.15) is 0 Å². The number of benzene rings is 7. The third-order valence-corrected chi connectivity index (χ3v) is 10.0. The van der Waals surface area contributed by atoms with Crippen molar-refractivity contribution in [2.45, 2.75) is 13.1 Å². The Labute approximate surface area is 303 Å². The second-order valence-corrected chi connectivity index (χ2v) is 13.0. The molecule has 5 heteroatoms. The maximum absolute atomic E-state index is 4.80. The standard InChI is InChI=1S/C47H35N5/c1-48-42-22-8-11-25-45(42)51-31-36-28-41-39-21-7-10-24-44(39)52(46(41)29-40(36)38-20-6-9-23-43(38)51)37-19-13-17-34(27-37)33-16-12-18-35(26-33)47(49-2)50-30-32-14-4-3-5-15-32/h3-29H,1-2,30-31H2. The van der Waals surface area contributed by atoms with Crippen LogP contribution in [0.3, 0.4) is 0 Å². The van der Waals surface area contributed by atoms with Gasteiger partial charge in [0.2, 0.25) is 0 Å². The molecule has 0 amide bonds. The summed E-state index contributed by atoms with van der Waals surface area (Å²) < 4.78 is 2.41. The molecule has 0 unspecified atom stereocenters. The molecule has 0 N–H and O–H groups in total. The van der Waals surface area contributed by atoms with Crippen molar-refractivity contribution in [3.05, 3.63) is 180 Å². The number of aromatic nitrogens is 1. The van der Waals surface area contributed by atoms with Gasteiger partial charge in [-0.15, -0.1) is 0 Å². The van der Waals surface area contributed by atoms with Gasteiger partial charge in [0.25, 0.3) is 0 Å². The van der Waals surface area contributed by atoms with E-state index in [0.717, 1.165) is 51.5 Å². The van der Waals surface area contributed by atoms with Crippen LogP contribution in [-0.4, -0.2) is 23.8 Å². The maximum Gasteiger partial charge on any atom is 0.154 e. The van der Waals surface area contributed by atoms with Crippen molar-refractivity contribution >= 4 is 58.1 Å². The number of nitrogens with zero attached hydrogens (tertiary/aromatic N) is 5. The lowest BCUT2D eigenvalue weighted by molar-refractivity contribution is 0.963. The fourth-order valence-electron chi connectivity index (χ4n) is 7.60. The van der Waals surface area contributed by atoms with Crippen LogP contribution in [0.4, 0.5) is 17.1 Å². The SMILES string of the molecule is C=NC(=NCc1ccccc1)c1cccc(-c2cccc(-n3c4ccccc4c4cc5c(cc43)-c3ccccc3N(c3ccccc3N=C)C5)c2)c1. The molecule has 2 heterocycles. The van der Waals surface area contributed by atoms with E-state index in [-0.39, 0.29) is 0 Å². The van der Waals surface area contributed by atoms with E-state index in [1.165, 1.54) is 38.5 Å². The average molecular weight is 670 g/mol. The van der Waals surface area contributed by atoms with Crippen LogP contribution < -0.4 is 4.90 Å². The normalized spacial score (nSPS) is 12.5. The monoisotopic (exact) mass is 669 g/mol. The van der Waals surface area contributed by atoms with Gasteiger partial charge in [0.1, 0.15) is 0 Å². The number of rotatable bonds is 7. The number of anilines is 2. The Morgan fingerprint density at radius 3 is 2.15 bits per heavy atom. The lowest BCUT2D eigenvalue weighted by Gasteiger charge is -2.33. The van der Waals surface area contributed by atoms with Crippen molar-refractivity contribution in [1.82, 2.24) is 4.57 Å². The molecule has 0 saturated carbocycles. The Bertz CT molecular complexity index is 2680. The second-order valence-electron chi connectivity index (χ2n) is 13.0. The minimum absolute atomic E-state index is 0.550. The minimum Gasteiger partial charge on any atom is -0.335 e. The van der Waals surface area contributed by atoms with Crippen molar-refractivity contribution in [2.75, 3.05) is 4.90 Å². The number of aliphatic imine (C=N–C) groups is 3. The van der Waals surface area contributed by atoms with Crippen molar-refractivity contribution < 1.29 is 0 Å². The molecule has 5 nitrogen and oxygen atoms in total. The zero-order valence-electron chi connectivity index (χ0n) is 28.7. The van der Waals surface area contributed by atoms with Crippen molar-refractivity contribution in [3.8, 4) is 27.9 Å². The summed E-state index contributed by atoms with van der Waals surface area (Å²) in [5.74, 6) is 0.636. The van der Waals surface area contributed by atoms with Gasteiger partial charge in [-0.1, -0.05) is 109 Å². The van der Waals surface area contributed by atoms with E-state index in [4.69, 9.17) is 4.99 Å². The fourth-order valence-corrected chi connectivity index (χ4v) is 7.60. The minimum atomic E-state index is 0.550. The lowest BCUT2D eigenvalue weighted by Crippen LogP contribution is -2.21. The second kappa shape index (κ2) is 13.1. The summed E-state index contributed by atoms with van der Waals surface area (Å²) in [6.07, 6.45) is 0. The van der Waals surface area contributed by atoms with Crippen LogP contribution in [0.5, 0.6) is 0 Å². The molecule has 0 radical (unpaired) electrons. The third-order valence-electron chi connectivity index (χ3n) is 10.0. The Kier molecular flexibility index (Phi) is 7.86. The summed E-state index contributed by atoms with van der Waals surface area (Å²) in [6, 6.07) is 57.8. The van der Waals surface area contributed by atoms with Crippen LogP contribution >= 0.6 is 0 Å². The average Bonchev–Trinajstić information content (AvgIpc) is 3.53. The van der Waals surface area contributed by atoms with Crippen LogP contribution in [-0.2, 0) is 13.1 Å². The number of para-hydroxylation sites is 4. The smallest absolute Gasteiger partial charge is 0.154 e. The van der Waals surface area contributed by atoms with E-state index in [0.29, 0.717) is 12.4 Å². The van der Waals surface area contributed by atoms with Gasteiger partial charge < -0.3 is 9.47 Å². The van der Waals surface area contributed by atoms with Crippen LogP contribution in [0.15, 0.2) is 179 Å².